The number of carbonyl (C=O) groups is 3. The minimum Gasteiger partial charge on any atom is -0.487 e. The third-order valence-corrected chi connectivity index (χ3v) is 6.06. The van der Waals surface area contributed by atoms with Gasteiger partial charge in [0, 0.05) is 24.1 Å². The number of hydrogen-bond acceptors (Lipinski definition) is 7. The predicted octanol–water partition coefficient (Wildman–Crippen LogP) is 1.66. The van der Waals surface area contributed by atoms with Gasteiger partial charge in [-0.15, -0.1) is 5.10 Å². The molecule has 0 saturated carbocycles. The Labute approximate surface area is 195 Å². The smallest absolute Gasteiger partial charge is 0.255 e. The van der Waals surface area contributed by atoms with Gasteiger partial charge in [0.05, 0.1) is 18.0 Å². The summed E-state index contributed by atoms with van der Waals surface area (Å²) in [5, 5.41) is 20.5. The zero-order valence-electron chi connectivity index (χ0n) is 18.5. The van der Waals surface area contributed by atoms with E-state index in [-0.39, 0.29) is 24.8 Å². The topological polar surface area (TPSA) is 127 Å². The first kappa shape index (κ1) is 21.8. The number of rotatable bonds is 6. The summed E-state index contributed by atoms with van der Waals surface area (Å²) in [6.45, 7) is 2.16. The highest BCUT2D eigenvalue weighted by molar-refractivity contribution is 6.05. The molecule has 174 valence electrons. The standard InChI is InChI=1S/C24H23N5O5/c1-14(30)18-4-2-3-5-21(18)34-13-16-12-29(27-26-16)17-7-6-15-11-28(24(33)19(15)10-17)20-8-9-22(31)25-23(20)32/h2-7,10,12,14,20,30H,8-9,11,13H2,1H3,(H,25,31,32). The third-order valence-electron chi connectivity index (χ3n) is 6.06. The van der Waals surface area contributed by atoms with Crippen molar-refractivity contribution < 1.29 is 24.2 Å². The van der Waals surface area contributed by atoms with Crippen molar-refractivity contribution in [2.45, 2.75) is 45.1 Å². The molecule has 1 saturated heterocycles. The summed E-state index contributed by atoms with van der Waals surface area (Å²) in [5.41, 5.74) is 3.24. The first-order valence-electron chi connectivity index (χ1n) is 11.0. The van der Waals surface area contributed by atoms with Gasteiger partial charge in [0.15, 0.2) is 0 Å². The van der Waals surface area contributed by atoms with Gasteiger partial charge >= 0.3 is 0 Å². The van der Waals surface area contributed by atoms with E-state index in [0.29, 0.717) is 41.2 Å². The van der Waals surface area contributed by atoms with E-state index < -0.39 is 18.1 Å². The highest BCUT2D eigenvalue weighted by Gasteiger charge is 2.39. The molecule has 0 radical (unpaired) electrons. The Bertz CT molecular complexity index is 1280. The number of amides is 3. The number of hydrogen-bond donors (Lipinski definition) is 2. The number of piperidine rings is 1. The van der Waals surface area contributed by atoms with E-state index >= 15 is 0 Å². The fourth-order valence-corrected chi connectivity index (χ4v) is 4.28. The average Bonchev–Trinajstić information content (AvgIpc) is 3.42. The zero-order valence-corrected chi connectivity index (χ0v) is 18.5. The predicted molar refractivity (Wildman–Crippen MR) is 119 cm³/mol. The Morgan fingerprint density at radius 3 is 2.82 bits per heavy atom. The summed E-state index contributed by atoms with van der Waals surface area (Å²) in [6, 6.07) is 12.0. The SMILES string of the molecule is CC(O)c1ccccc1OCc1cn(-c2ccc3c(c2)C(=O)N(C2CCC(=O)NC2=O)C3)nn1. The molecule has 5 rings (SSSR count). The van der Waals surface area contributed by atoms with Crippen LogP contribution in [0.4, 0.5) is 0 Å². The molecule has 3 heterocycles. The zero-order chi connectivity index (χ0) is 23.8. The number of benzene rings is 2. The van der Waals surface area contributed by atoms with Gasteiger partial charge in [0.2, 0.25) is 11.8 Å². The monoisotopic (exact) mass is 461 g/mol. The maximum atomic E-state index is 13.0. The second-order valence-corrected chi connectivity index (χ2v) is 8.40. The van der Waals surface area contributed by atoms with Gasteiger partial charge in [-0.05, 0) is 37.1 Å². The number of ether oxygens (including phenoxy) is 1. The molecular weight excluding hydrogens is 438 g/mol. The molecule has 0 spiro atoms. The molecule has 0 bridgehead atoms. The minimum absolute atomic E-state index is 0.164. The third kappa shape index (κ3) is 4.03. The van der Waals surface area contributed by atoms with Crippen LogP contribution in [0.2, 0.25) is 0 Å². The highest BCUT2D eigenvalue weighted by atomic mass is 16.5. The van der Waals surface area contributed by atoms with E-state index in [1.54, 1.807) is 36.0 Å². The van der Waals surface area contributed by atoms with Crippen LogP contribution in [-0.2, 0) is 22.7 Å². The van der Waals surface area contributed by atoms with Crippen LogP contribution in [0.5, 0.6) is 5.75 Å². The first-order valence-corrected chi connectivity index (χ1v) is 11.0. The Balaban J connectivity index is 1.30. The van der Waals surface area contributed by atoms with Crippen molar-refractivity contribution >= 4 is 17.7 Å². The van der Waals surface area contributed by atoms with Crippen LogP contribution in [0.25, 0.3) is 5.69 Å². The largest absolute Gasteiger partial charge is 0.487 e. The number of nitrogens with one attached hydrogen (secondary N) is 1. The van der Waals surface area contributed by atoms with Crippen LogP contribution in [0.1, 0.15) is 53.0 Å². The maximum absolute atomic E-state index is 13.0. The molecule has 34 heavy (non-hydrogen) atoms. The number of aliphatic hydroxyl groups excluding tert-OH is 1. The molecule has 3 aromatic rings. The van der Waals surface area contributed by atoms with Crippen molar-refractivity contribution in [3.05, 3.63) is 71.0 Å². The molecule has 0 aliphatic carbocycles. The Morgan fingerprint density at radius 1 is 1.21 bits per heavy atom. The molecular formula is C24H23N5O5. The van der Waals surface area contributed by atoms with Gasteiger partial charge in [-0.3, -0.25) is 19.7 Å². The maximum Gasteiger partial charge on any atom is 0.255 e. The first-order chi connectivity index (χ1) is 16.4. The number of carbonyl (C=O) groups excluding carboxylic acids is 3. The quantitative estimate of drug-likeness (QED) is 0.535. The molecule has 2 aromatic carbocycles. The lowest BCUT2D eigenvalue weighted by Gasteiger charge is -2.29. The number of aromatic nitrogens is 3. The Morgan fingerprint density at radius 2 is 2.03 bits per heavy atom. The van der Waals surface area contributed by atoms with Crippen LogP contribution in [0, 0.1) is 0 Å². The fourth-order valence-electron chi connectivity index (χ4n) is 4.28. The highest BCUT2D eigenvalue weighted by Crippen LogP contribution is 2.29. The summed E-state index contributed by atoms with van der Waals surface area (Å²) in [5.74, 6) is -0.419. The Kier molecular flexibility index (Phi) is 5.58. The summed E-state index contributed by atoms with van der Waals surface area (Å²) in [7, 11) is 0. The molecule has 2 N–H and O–H groups in total. The van der Waals surface area contributed by atoms with Crippen molar-refractivity contribution in [1.29, 1.82) is 0 Å². The van der Waals surface area contributed by atoms with Crippen LogP contribution in [0.15, 0.2) is 48.7 Å². The molecule has 2 aliphatic rings. The van der Waals surface area contributed by atoms with E-state index in [0.717, 1.165) is 5.56 Å². The van der Waals surface area contributed by atoms with Gasteiger partial charge in [-0.25, -0.2) is 4.68 Å². The van der Waals surface area contributed by atoms with Crippen LogP contribution in [0.3, 0.4) is 0 Å². The molecule has 3 amide bonds. The molecule has 2 aliphatic heterocycles. The summed E-state index contributed by atoms with van der Waals surface area (Å²) >= 11 is 0. The average molecular weight is 461 g/mol. The lowest BCUT2D eigenvalue weighted by Crippen LogP contribution is -2.52. The van der Waals surface area contributed by atoms with Crippen LogP contribution in [-0.4, -0.2) is 48.8 Å². The number of nitrogens with zero attached hydrogens (tertiary/aromatic N) is 4. The molecule has 1 aromatic heterocycles. The summed E-state index contributed by atoms with van der Waals surface area (Å²) in [4.78, 5) is 38.2. The number of fused-ring (bicyclic) bond motifs is 1. The van der Waals surface area contributed by atoms with Gasteiger partial charge in [-0.1, -0.05) is 29.5 Å². The summed E-state index contributed by atoms with van der Waals surface area (Å²) < 4.78 is 7.38. The van der Waals surface area contributed by atoms with Gasteiger partial charge in [0.25, 0.3) is 5.91 Å². The molecule has 2 unspecified atom stereocenters. The van der Waals surface area contributed by atoms with Crippen molar-refractivity contribution in [3.63, 3.8) is 0 Å². The normalized spacial score (nSPS) is 18.6. The van der Waals surface area contributed by atoms with Gasteiger partial charge < -0.3 is 14.7 Å². The molecule has 2 atom stereocenters. The van der Waals surface area contributed by atoms with E-state index in [2.05, 4.69) is 15.6 Å². The number of para-hydroxylation sites is 1. The van der Waals surface area contributed by atoms with Crippen molar-refractivity contribution in [2.24, 2.45) is 0 Å². The second-order valence-electron chi connectivity index (χ2n) is 8.40. The van der Waals surface area contributed by atoms with E-state index in [1.807, 2.05) is 24.3 Å². The van der Waals surface area contributed by atoms with E-state index in [9.17, 15) is 19.5 Å². The number of imide groups is 1. The van der Waals surface area contributed by atoms with Crippen molar-refractivity contribution in [2.75, 3.05) is 0 Å². The van der Waals surface area contributed by atoms with Crippen molar-refractivity contribution in [1.82, 2.24) is 25.2 Å². The van der Waals surface area contributed by atoms with Gasteiger partial charge in [0.1, 0.15) is 24.1 Å². The second kappa shape index (κ2) is 8.71. The Hall–Kier alpha value is -4.05. The number of aliphatic hydroxyl groups is 1. The minimum atomic E-state index is -0.657. The van der Waals surface area contributed by atoms with Gasteiger partial charge in [-0.2, -0.15) is 0 Å². The van der Waals surface area contributed by atoms with Crippen LogP contribution >= 0.6 is 0 Å². The van der Waals surface area contributed by atoms with Crippen molar-refractivity contribution in [3.8, 4) is 11.4 Å². The van der Waals surface area contributed by atoms with E-state index in [1.165, 1.54) is 4.90 Å². The lowest BCUT2D eigenvalue weighted by atomic mass is 10.0. The fraction of sp³-hybridized carbons (Fsp3) is 0.292. The molecule has 1 fully saturated rings. The lowest BCUT2D eigenvalue weighted by molar-refractivity contribution is -0.136. The summed E-state index contributed by atoms with van der Waals surface area (Å²) in [6.07, 6.45) is 1.59. The molecule has 10 nitrogen and oxygen atoms in total. The van der Waals surface area contributed by atoms with E-state index in [4.69, 9.17) is 4.74 Å². The molecule has 10 heteroatoms. The van der Waals surface area contributed by atoms with Crippen LogP contribution < -0.4 is 10.1 Å².